The molecule has 1 aliphatic heterocycles. The number of nitrogens with one attached hydrogen (secondary N) is 1. The number of benzene rings is 1. The Hall–Kier alpha value is -1.82. The van der Waals surface area contributed by atoms with E-state index in [4.69, 9.17) is 0 Å². The Morgan fingerprint density at radius 2 is 2.25 bits per heavy atom. The average Bonchev–Trinajstić information content (AvgIpc) is 2.92. The van der Waals surface area contributed by atoms with Crippen LogP contribution in [-0.4, -0.2) is 27.4 Å². The second-order valence-electron chi connectivity index (χ2n) is 4.78. The molecule has 104 valence electrons. The molecule has 0 saturated carbocycles. The molecule has 3 rings (SSSR count). The number of carbonyl (C=O) groups excluding carboxylic acids is 1. The Labute approximate surface area is 125 Å². The van der Waals surface area contributed by atoms with Gasteiger partial charge in [0.25, 0.3) is 5.91 Å². The van der Waals surface area contributed by atoms with E-state index in [0.29, 0.717) is 5.56 Å². The van der Waals surface area contributed by atoms with Crippen LogP contribution in [0.15, 0.2) is 35.2 Å². The minimum Gasteiger partial charge on any atom is -0.359 e. The summed E-state index contributed by atoms with van der Waals surface area (Å²) in [5.74, 6) is -0.00361. The lowest BCUT2D eigenvalue weighted by Crippen LogP contribution is -2.40. The zero-order chi connectivity index (χ0) is 14.3. The van der Waals surface area contributed by atoms with E-state index in [1.807, 2.05) is 29.0 Å². The predicted octanol–water partition coefficient (Wildman–Crippen LogP) is 2.86. The number of aromatic nitrogens is 2. The van der Waals surface area contributed by atoms with Crippen LogP contribution in [0.1, 0.15) is 29.1 Å². The highest BCUT2D eigenvalue weighted by Gasteiger charge is 2.31. The van der Waals surface area contributed by atoms with Crippen molar-refractivity contribution in [2.75, 3.05) is 12.4 Å². The van der Waals surface area contributed by atoms with E-state index in [9.17, 15) is 4.79 Å². The summed E-state index contributed by atoms with van der Waals surface area (Å²) in [7, 11) is 1.79. The van der Waals surface area contributed by atoms with Crippen molar-refractivity contribution in [1.29, 1.82) is 0 Å². The van der Waals surface area contributed by atoms with Crippen LogP contribution in [0.4, 0.5) is 5.69 Å². The summed E-state index contributed by atoms with van der Waals surface area (Å²) in [5.41, 5.74) is 2.36. The third-order valence-electron chi connectivity index (χ3n) is 3.51. The van der Waals surface area contributed by atoms with Gasteiger partial charge in [-0.15, -0.1) is 0 Å². The maximum absolute atomic E-state index is 12.5. The average molecular weight is 335 g/mol. The van der Waals surface area contributed by atoms with Crippen LogP contribution in [-0.2, 0) is 6.54 Å². The van der Waals surface area contributed by atoms with Gasteiger partial charge >= 0.3 is 0 Å². The fraction of sp³-hybridized carbons (Fsp3) is 0.286. The van der Waals surface area contributed by atoms with Crippen LogP contribution >= 0.6 is 15.9 Å². The van der Waals surface area contributed by atoms with E-state index in [2.05, 4.69) is 33.2 Å². The second kappa shape index (κ2) is 4.94. The van der Waals surface area contributed by atoms with Gasteiger partial charge in [-0.25, -0.2) is 4.98 Å². The zero-order valence-electron chi connectivity index (χ0n) is 11.3. The first-order chi connectivity index (χ1) is 9.60. The monoisotopic (exact) mass is 334 g/mol. The Bertz CT molecular complexity index is 667. The Kier molecular flexibility index (Phi) is 3.25. The maximum atomic E-state index is 12.5. The Balaban J connectivity index is 1.99. The van der Waals surface area contributed by atoms with Gasteiger partial charge in [-0.2, -0.15) is 0 Å². The number of aryl methyl sites for hydroxylation is 1. The molecule has 0 fully saturated rings. The first-order valence-corrected chi connectivity index (χ1v) is 7.24. The molecule has 1 N–H and O–H groups in total. The van der Waals surface area contributed by atoms with E-state index in [1.54, 1.807) is 18.3 Å². The minimum atomic E-state index is -0.232. The lowest BCUT2D eigenvalue weighted by atomic mass is 10.1. The summed E-state index contributed by atoms with van der Waals surface area (Å²) >= 11 is 3.40. The van der Waals surface area contributed by atoms with Gasteiger partial charge < -0.3 is 14.8 Å². The molecule has 1 unspecified atom stereocenters. The number of hydrogen-bond donors (Lipinski definition) is 1. The minimum absolute atomic E-state index is 0.00361. The lowest BCUT2D eigenvalue weighted by Gasteiger charge is -2.34. The topological polar surface area (TPSA) is 50.2 Å². The highest BCUT2D eigenvalue weighted by Crippen LogP contribution is 2.32. The normalized spacial score (nSPS) is 17.9. The number of halogens is 1. The van der Waals surface area contributed by atoms with Crippen molar-refractivity contribution in [2.45, 2.75) is 19.6 Å². The number of imidazole rings is 1. The van der Waals surface area contributed by atoms with Crippen LogP contribution in [0.25, 0.3) is 0 Å². The third-order valence-corrected chi connectivity index (χ3v) is 4.00. The number of amides is 1. The number of nitrogens with zero attached hydrogens (tertiary/aromatic N) is 3. The molecule has 1 amide bonds. The van der Waals surface area contributed by atoms with E-state index in [0.717, 1.165) is 22.4 Å². The number of rotatable bonds is 2. The molecule has 20 heavy (non-hydrogen) atoms. The Morgan fingerprint density at radius 3 is 2.95 bits per heavy atom. The lowest BCUT2D eigenvalue weighted by molar-refractivity contribution is 0.0733. The fourth-order valence-corrected chi connectivity index (χ4v) is 2.70. The number of hydrogen-bond acceptors (Lipinski definition) is 3. The molecule has 0 spiro atoms. The summed E-state index contributed by atoms with van der Waals surface area (Å²) in [6, 6.07) is 5.67. The van der Waals surface area contributed by atoms with Gasteiger partial charge in [-0.3, -0.25) is 4.79 Å². The van der Waals surface area contributed by atoms with Crippen LogP contribution in [0.3, 0.4) is 0 Å². The van der Waals surface area contributed by atoms with Crippen LogP contribution in [0.5, 0.6) is 0 Å². The van der Waals surface area contributed by atoms with Gasteiger partial charge in [0.05, 0.1) is 11.9 Å². The third kappa shape index (κ3) is 2.10. The molecule has 0 radical (unpaired) electrons. The van der Waals surface area contributed by atoms with Gasteiger partial charge in [0.1, 0.15) is 11.9 Å². The van der Waals surface area contributed by atoms with E-state index < -0.39 is 0 Å². The van der Waals surface area contributed by atoms with Gasteiger partial charge in [-0.1, -0.05) is 15.9 Å². The maximum Gasteiger partial charge on any atom is 0.257 e. The van der Waals surface area contributed by atoms with Crippen molar-refractivity contribution in [1.82, 2.24) is 14.5 Å². The Morgan fingerprint density at radius 1 is 1.45 bits per heavy atom. The van der Waals surface area contributed by atoms with Crippen molar-refractivity contribution in [3.63, 3.8) is 0 Å². The van der Waals surface area contributed by atoms with Crippen LogP contribution < -0.4 is 5.32 Å². The molecule has 6 heteroatoms. The summed E-state index contributed by atoms with van der Waals surface area (Å²) in [5, 5.41) is 3.37. The van der Waals surface area contributed by atoms with Crippen molar-refractivity contribution in [3.05, 3.63) is 46.5 Å². The summed E-state index contributed by atoms with van der Waals surface area (Å²) < 4.78 is 2.89. The second-order valence-corrected chi connectivity index (χ2v) is 5.70. The fourth-order valence-electron chi connectivity index (χ4n) is 2.33. The van der Waals surface area contributed by atoms with Crippen molar-refractivity contribution in [3.8, 4) is 0 Å². The standard InChI is InChI=1S/C14H15BrN4O/c1-3-19-7-12(16-8-19)13-17-11-5-4-9(15)6-10(11)14(20)18(13)2/h4-8,13,17H,3H2,1-2H3. The van der Waals surface area contributed by atoms with Crippen molar-refractivity contribution in [2.24, 2.45) is 0 Å². The predicted molar refractivity (Wildman–Crippen MR) is 80.5 cm³/mol. The van der Waals surface area contributed by atoms with Crippen LogP contribution in [0.2, 0.25) is 0 Å². The summed E-state index contributed by atoms with van der Waals surface area (Å²) in [4.78, 5) is 18.5. The molecule has 1 aromatic heterocycles. The summed E-state index contributed by atoms with van der Waals surface area (Å²) in [6.45, 7) is 2.92. The van der Waals surface area contributed by atoms with E-state index in [1.165, 1.54) is 0 Å². The number of fused-ring (bicyclic) bond motifs is 1. The molecule has 0 aliphatic carbocycles. The highest BCUT2D eigenvalue weighted by atomic mass is 79.9. The largest absolute Gasteiger partial charge is 0.359 e. The van der Waals surface area contributed by atoms with Gasteiger partial charge in [0.2, 0.25) is 0 Å². The molecule has 0 saturated heterocycles. The van der Waals surface area contributed by atoms with E-state index >= 15 is 0 Å². The first-order valence-electron chi connectivity index (χ1n) is 6.45. The molecular formula is C14H15BrN4O. The molecule has 5 nitrogen and oxygen atoms in total. The SMILES string of the molecule is CCn1cnc(C2Nc3ccc(Br)cc3C(=O)N2C)c1. The van der Waals surface area contributed by atoms with E-state index in [-0.39, 0.29) is 12.1 Å². The van der Waals surface area contributed by atoms with Gasteiger partial charge in [0, 0.05) is 29.9 Å². The van der Waals surface area contributed by atoms with Crippen molar-refractivity contribution >= 4 is 27.5 Å². The smallest absolute Gasteiger partial charge is 0.257 e. The van der Waals surface area contributed by atoms with Crippen molar-refractivity contribution < 1.29 is 4.79 Å². The zero-order valence-corrected chi connectivity index (χ0v) is 12.9. The summed E-state index contributed by atoms with van der Waals surface area (Å²) in [6.07, 6.45) is 3.52. The van der Waals surface area contributed by atoms with Gasteiger partial charge in [-0.05, 0) is 25.1 Å². The van der Waals surface area contributed by atoms with Crippen LogP contribution in [0, 0.1) is 0 Å². The quantitative estimate of drug-likeness (QED) is 0.918. The first kappa shape index (κ1) is 13.2. The number of carbonyl (C=O) groups is 1. The molecule has 0 bridgehead atoms. The molecular weight excluding hydrogens is 320 g/mol. The van der Waals surface area contributed by atoms with Gasteiger partial charge in [0.15, 0.2) is 0 Å². The molecule has 1 aromatic carbocycles. The highest BCUT2D eigenvalue weighted by molar-refractivity contribution is 9.10. The molecule has 2 aromatic rings. The molecule has 1 atom stereocenters. The molecule has 2 heterocycles. The number of anilines is 1. The molecule has 1 aliphatic rings.